The lowest BCUT2D eigenvalue weighted by Crippen LogP contribution is -2.36. The van der Waals surface area contributed by atoms with Crippen LogP contribution in [-0.4, -0.2) is 30.1 Å². The molecule has 1 saturated carbocycles. The monoisotopic (exact) mass is 405 g/mol. The number of hydrogen-bond acceptors (Lipinski definition) is 3. The Morgan fingerprint density at radius 1 is 1.10 bits per heavy atom. The van der Waals surface area contributed by atoms with Crippen LogP contribution in [0.3, 0.4) is 0 Å². The molecular formula is C22H22F3NO3. The molecule has 2 aromatic rings. The van der Waals surface area contributed by atoms with Gasteiger partial charge in [0.05, 0.1) is 18.0 Å². The van der Waals surface area contributed by atoms with Gasteiger partial charge in [-0.2, -0.15) is 13.2 Å². The minimum atomic E-state index is -4.41. The van der Waals surface area contributed by atoms with Gasteiger partial charge in [-0.3, -0.25) is 4.79 Å². The molecule has 1 atom stereocenters. The van der Waals surface area contributed by atoms with Crippen LogP contribution in [0.15, 0.2) is 42.5 Å². The smallest absolute Gasteiger partial charge is 0.416 e. The first-order valence-electron chi connectivity index (χ1n) is 9.70. The Bertz CT molecular complexity index is 908. The Labute approximate surface area is 167 Å². The average molecular weight is 405 g/mol. The van der Waals surface area contributed by atoms with E-state index in [4.69, 9.17) is 9.47 Å². The highest BCUT2D eigenvalue weighted by atomic mass is 19.4. The second kappa shape index (κ2) is 7.61. The van der Waals surface area contributed by atoms with E-state index < -0.39 is 17.8 Å². The minimum absolute atomic E-state index is 0.0734. The Balaban J connectivity index is 1.54. The van der Waals surface area contributed by atoms with Gasteiger partial charge in [-0.1, -0.05) is 18.2 Å². The molecule has 0 bridgehead atoms. The third-order valence-corrected chi connectivity index (χ3v) is 5.30. The van der Waals surface area contributed by atoms with Gasteiger partial charge >= 0.3 is 6.18 Å². The van der Waals surface area contributed by atoms with E-state index in [1.165, 1.54) is 6.07 Å². The normalized spacial score (nSPS) is 17.0. The van der Waals surface area contributed by atoms with Gasteiger partial charge in [0.1, 0.15) is 13.2 Å². The highest BCUT2D eigenvalue weighted by molar-refractivity contribution is 5.80. The van der Waals surface area contributed by atoms with E-state index in [2.05, 4.69) is 0 Å². The van der Waals surface area contributed by atoms with Crippen molar-refractivity contribution in [1.29, 1.82) is 0 Å². The van der Waals surface area contributed by atoms with E-state index in [0.717, 1.165) is 30.5 Å². The number of rotatable bonds is 5. The van der Waals surface area contributed by atoms with Crippen LogP contribution in [-0.2, 0) is 17.4 Å². The van der Waals surface area contributed by atoms with Crippen LogP contribution < -0.4 is 9.47 Å². The highest BCUT2D eigenvalue weighted by Crippen LogP contribution is 2.37. The number of fused-ring (bicyclic) bond motifs is 1. The number of nitrogens with zero attached hydrogens (tertiary/aromatic N) is 1. The molecule has 0 radical (unpaired) electrons. The zero-order valence-corrected chi connectivity index (χ0v) is 16.0. The molecule has 4 nitrogen and oxygen atoms in total. The number of ether oxygens (including phenoxy) is 2. The Morgan fingerprint density at radius 3 is 2.52 bits per heavy atom. The Hall–Kier alpha value is -2.70. The van der Waals surface area contributed by atoms with Crippen molar-refractivity contribution in [2.75, 3.05) is 13.2 Å². The van der Waals surface area contributed by atoms with Crippen LogP contribution in [0.5, 0.6) is 11.5 Å². The van der Waals surface area contributed by atoms with Gasteiger partial charge in [0.25, 0.3) is 0 Å². The second-order valence-electron chi connectivity index (χ2n) is 7.49. The molecule has 1 amide bonds. The predicted octanol–water partition coefficient (Wildman–Crippen LogP) is 4.77. The maximum atomic E-state index is 13.1. The fourth-order valence-corrected chi connectivity index (χ4v) is 3.69. The highest BCUT2D eigenvalue weighted by Gasteiger charge is 2.37. The summed E-state index contributed by atoms with van der Waals surface area (Å²) in [5.74, 6) is 1.17. The summed E-state index contributed by atoms with van der Waals surface area (Å²) < 4.78 is 50.3. The van der Waals surface area contributed by atoms with E-state index in [-0.39, 0.29) is 18.4 Å². The van der Waals surface area contributed by atoms with Gasteiger partial charge in [-0.15, -0.1) is 0 Å². The predicted molar refractivity (Wildman–Crippen MR) is 101 cm³/mol. The molecule has 0 aromatic heterocycles. The van der Waals surface area contributed by atoms with E-state index in [9.17, 15) is 18.0 Å². The Kier molecular flexibility index (Phi) is 5.15. The summed E-state index contributed by atoms with van der Waals surface area (Å²) in [6, 6.07) is 10.3. The summed E-state index contributed by atoms with van der Waals surface area (Å²) in [5, 5.41) is 0. The number of carbonyl (C=O) groups is 1. The molecule has 1 aliphatic heterocycles. The lowest BCUT2D eigenvalue weighted by molar-refractivity contribution is -0.137. The fourth-order valence-electron chi connectivity index (χ4n) is 3.69. The van der Waals surface area contributed by atoms with Crippen molar-refractivity contribution in [3.8, 4) is 11.5 Å². The number of carbonyl (C=O) groups excluding carboxylic acids is 1. The van der Waals surface area contributed by atoms with Crippen LogP contribution >= 0.6 is 0 Å². The van der Waals surface area contributed by atoms with Crippen molar-refractivity contribution >= 4 is 5.91 Å². The molecule has 154 valence electrons. The lowest BCUT2D eigenvalue weighted by Gasteiger charge is -2.30. The molecule has 1 heterocycles. The quantitative estimate of drug-likeness (QED) is 0.719. The van der Waals surface area contributed by atoms with Crippen molar-refractivity contribution in [3.05, 3.63) is 59.2 Å². The molecule has 7 heteroatoms. The molecule has 1 aliphatic carbocycles. The number of amides is 1. The third kappa shape index (κ3) is 4.33. The summed E-state index contributed by atoms with van der Waals surface area (Å²) in [7, 11) is 0. The summed E-state index contributed by atoms with van der Waals surface area (Å²) in [5.41, 5.74) is 0.584. The van der Waals surface area contributed by atoms with Gasteiger partial charge in [0, 0.05) is 6.04 Å². The van der Waals surface area contributed by atoms with E-state index in [1.54, 1.807) is 30.0 Å². The maximum absolute atomic E-state index is 13.1. The first-order valence-corrected chi connectivity index (χ1v) is 9.70. The number of alkyl halides is 3. The van der Waals surface area contributed by atoms with Crippen molar-refractivity contribution in [2.45, 2.75) is 44.4 Å². The first-order chi connectivity index (χ1) is 13.8. The van der Waals surface area contributed by atoms with E-state index >= 15 is 0 Å². The SMILES string of the molecule is CC(c1cccc(C(F)(F)F)c1)N(C(=O)Cc1ccc2c(c1)OCCO2)C1CC1. The van der Waals surface area contributed by atoms with Crippen LogP contribution in [0.25, 0.3) is 0 Å². The first kappa shape index (κ1) is 19.6. The standard InChI is InChI=1S/C22H22F3NO3/c1-14(16-3-2-4-17(13-16)22(23,24)25)26(18-6-7-18)21(27)12-15-5-8-19-20(11-15)29-10-9-28-19/h2-5,8,11,13-14,18H,6-7,9-10,12H2,1H3. The van der Waals surface area contributed by atoms with Crippen molar-refractivity contribution < 1.29 is 27.4 Å². The zero-order valence-electron chi connectivity index (χ0n) is 16.0. The molecule has 0 saturated heterocycles. The number of benzene rings is 2. The minimum Gasteiger partial charge on any atom is -0.486 e. The van der Waals surface area contributed by atoms with Crippen molar-refractivity contribution in [1.82, 2.24) is 4.90 Å². The van der Waals surface area contributed by atoms with Crippen LogP contribution in [0.2, 0.25) is 0 Å². The second-order valence-corrected chi connectivity index (χ2v) is 7.49. The summed E-state index contributed by atoms with van der Waals surface area (Å²) in [6.45, 7) is 2.75. The van der Waals surface area contributed by atoms with E-state index in [0.29, 0.717) is 30.3 Å². The molecular weight excluding hydrogens is 383 g/mol. The molecule has 1 fully saturated rings. The molecule has 2 aliphatic rings. The summed E-state index contributed by atoms with van der Waals surface area (Å²) in [6.07, 6.45) is -2.50. The molecule has 0 N–H and O–H groups in total. The largest absolute Gasteiger partial charge is 0.486 e. The topological polar surface area (TPSA) is 38.8 Å². The molecule has 0 spiro atoms. The molecule has 2 aromatic carbocycles. The van der Waals surface area contributed by atoms with Gasteiger partial charge in [-0.05, 0) is 55.2 Å². The molecule has 4 rings (SSSR count). The van der Waals surface area contributed by atoms with Gasteiger partial charge in [0.15, 0.2) is 11.5 Å². The van der Waals surface area contributed by atoms with Crippen LogP contribution in [0.1, 0.15) is 42.5 Å². The van der Waals surface area contributed by atoms with Crippen LogP contribution in [0.4, 0.5) is 13.2 Å². The van der Waals surface area contributed by atoms with Crippen molar-refractivity contribution in [2.24, 2.45) is 0 Å². The average Bonchev–Trinajstić information content (AvgIpc) is 3.52. The fraction of sp³-hybridized carbons (Fsp3) is 0.409. The van der Waals surface area contributed by atoms with Crippen LogP contribution in [0, 0.1) is 0 Å². The summed E-state index contributed by atoms with van der Waals surface area (Å²) >= 11 is 0. The molecule has 1 unspecified atom stereocenters. The third-order valence-electron chi connectivity index (χ3n) is 5.30. The number of halogens is 3. The zero-order chi connectivity index (χ0) is 20.6. The van der Waals surface area contributed by atoms with E-state index in [1.807, 2.05) is 6.07 Å². The Morgan fingerprint density at radius 2 is 1.83 bits per heavy atom. The van der Waals surface area contributed by atoms with Gasteiger partial charge in [0.2, 0.25) is 5.91 Å². The summed E-state index contributed by atoms with van der Waals surface area (Å²) in [4.78, 5) is 14.8. The lowest BCUT2D eigenvalue weighted by atomic mass is 10.0. The van der Waals surface area contributed by atoms with Crippen molar-refractivity contribution in [3.63, 3.8) is 0 Å². The maximum Gasteiger partial charge on any atom is 0.416 e. The van der Waals surface area contributed by atoms with Gasteiger partial charge < -0.3 is 14.4 Å². The molecule has 29 heavy (non-hydrogen) atoms. The number of hydrogen-bond donors (Lipinski definition) is 0. The van der Waals surface area contributed by atoms with Gasteiger partial charge in [-0.25, -0.2) is 0 Å².